The summed E-state index contributed by atoms with van der Waals surface area (Å²) in [5.41, 5.74) is 3.65. The van der Waals surface area contributed by atoms with Crippen molar-refractivity contribution in [2.24, 2.45) is 5.10 Å². The van der Waals surface area contributed by atoms with Gasteiger partial charge in [0.2, 0.25) is 18.0 Å². The first kappa shape index (κ1) is 17.7. The zero-order chi connectivity index (χ0) is 20.0. The van der Waals surface area contributed by atoms with Crippen LogP contribution in [-0.2, 0) is 9.53 Å². The van der Waals surface area contributed by atoms with Crippen LogP contribution in [0.15, 0.2) is 59.7 Å². The summed E-state index contributed by atoms with van der Waals surface area (Å²) >= 11 is 0. The number of rotatable bonds is 4. The van der Waals surface area contributed by atoms with E-state index in [1.54, 1.807) is 7.11 Å². The number of pyridine rings is 1. The molecule has 2 heterocycles. The van der Waals surface area contributed by atoms with Gasteiger partial charge in [-0.2, -0.15) is 5.01 Å². The minimum Gasteiger partial charge on any atom is -0.497 e. The number of carbonyl (C=O) groups is 1. The van der Waals surface area contributed by atoms with E-state index in [0.717, 1.165) is 40.6 Å². The molecule has 1 aromatic heterocycles. The summed E-state index contributed by atoms with van der Waals surface area (Å²) in [4.78, 5) is 17.1. The number of hydrogen-bond donors (Lipinski definition) is 0. The summed E-state index contributed by atoms with van der Waals surface area (Å²) in [7, 11) is 1.61. The predicted molar refractivity (Wildman–Crippen MR) is 110 cm³/mol. The van der Waals surface area contributed by atoms with E-state index in [2.05, 4.69) is 11.2 Å². The van der Waals surface area contributed by atoms with Crippen molar-refractivity contribution in [2.45, 2.75) is 31.9 Å². The Hall–Kier alpha value is -3.41. The zero-order valence-electron chi connectivity index (χ0n) is 16.3. The Balaban J connectivity index is 1.59. The number of aromatic nitrogens is 1. The van der Waals surface area contributed by atoms with Crippen LogP contribution in [0.1, 0.15) is 48.7 Å². The van der Waals surface area contributed by atoms with Gasteiger partial charge in [-0.15, -0.1) is 5.10 Å². The maximum atomic E-state index is 12.3. The van der Waals surface area contributed by atoms with Gasteiger partial charge in [-0.05, 0) is 37.1 Å². The molecule has 0 N–H and O–H groups in total. The molecular weight excluding hydrogens is 366 g/mol. The van der Waals surface area contributed by atoms with Gasteiger partial charge in [0.15, 0.2) is 0 Å². The monoisotopic (exact) mass is 387 g/mol. The zero-order valence-corrected chi connectivity index (χ0v) is 16.3. The Kier molecular flexibility index (Phi) is 4.19. The van der Waals surface area contributed by atoms with Crippen LogP contribution >= 0.6 is 0 Å². The Morgan fingerprint density at radius 1 is 1.14 bits per heavy atom. The van der Waals surface area contributed by atoms with Crippen molar-refractivity contribution in [1.82, 2.24) is 9.99 Å². The van der Waals surface area contributed by atoms with Crippen LogP contribution in [0.3, 0.4) is 0 Å². The van der Waals surface area contributed by atoms with E-state index in [1.807, 2.05) is 48.5 Å². The first-order valence-electron chi connectivity index (χ1n) is 9.73. The van der Waals surface area contributed by atoms with Crippen molar-refractivity contribution in [3.05, 3.63) is 71.4 Å². The summed E-state index contributed by atoms with van der Waals surface area (Å²) in [6.07, 6.45) is 1.68. The first-order valence-corrected chi connectivity index (χ1v) is 9.73. The largest absolute Gasteiger partial charge is 0.497 e. The van der Waals surface area contributed by atoms with Crippen LogP contribution < -0.4 is 4.74 Å². The molecule has 3 aromatic rings. The van der Waals surface area contributed by atoms with Gasteiger partial charge in [0, 0.05) is 35.0 Å². The average Bonchev–Trinajstić information content (AvgIpc) is 3.51. The first-order chi connectivity index (χ1) is 14.1. The summed E-state index contributed by atoms with van der Waals surface area (Å²) in [6.45, 7) is 1.49. The van der Waals surface area contributed by atoms with Crippen LogP contribution in [0.25, 0.3) is 10.9 Å². The van der Waals surface area contributed by atoms with E-state index in [9.17, 15) is 4.79 Å². The number of hydrazone groups is 1. The third-order valence-corrected chi connectivity index (χ3v) is 5.31. The maximum absolute atomic E-state index is 12.3. The highest BCUT2D eigenvalue weighted by Crippen LogP contribution is 2.41. The number of amides is 1. The number of carbonyl (C=O) groups excluding carboxylic acids is 1. The smallest absolute Gasteiger partial charge is 0.243 e. The summed E-state index contributed by atoms with van der Waals surface area (Å²) in [6, 6.07) is 17.5. The van der Waals surface area contributed by atoms with E-state index in [0.29, 0.717) is 17.6 Å². The third kappa shape index (κ3) is 3.20. The van der Waals surface area contributed by atoms with Crippen molar-refractivity contribution in [2.75, 3.05) is 7.11 Å². The van der Waals surface area contributed by atoms with Crippen molar-refractivity contribution in [1.29, 1.82) is 0 Å². The second-order valence-electron chi connectivity index (χ2n) is 7.40. The highest BCUT2D eigenvalue weighted by Gasteiger charge is 2.35. The Morgan fingerprint density at radius 3 is 2.72 bits per heavy atom. The number of fused-ring (bicyclic) bond motifs is 1. The van der Waals surface area contributed by atoms with Gasteiger partial charge in [-0.1, -0.05) is 30.3 Å². The van der Waals surface area contributed by atoms with Crippen LogP contribution in [0.5, 0.6) is 5.75 Å². The minimum absolute atomic E-state index is 0.186. The Labute approximate surface area is 168 Å². The topological polar surface area (TPSA) is 64.0 Å². The van der Waals surface area contributed by atoms with Gasteiger partial charge < -0.3 is 9.47 Å². The molecule has 146 valence electrons. The quantitative estimate of drug-likeness (QED) is 0.667. The molecule has 2 aliphatic rings. The molecule has 0 bridgehead atoms. The number of nitrogens with zero attached hydrogens (tertiary/aromatic N) is 3. The molecule has 1 amide bonds. The standard InChI is InChI=1S/C23H21N3O3/c1-14(27)26-23(16-6-5-7-17(12-16)28-2)29-22(25-26)19-13-21(15-10-11-15)24-20-9-4-3-8-18(19)20/h3-9,12-13,15,23H,10-11H2,1-2H3/t23-/m1/s1. The highest BCUT2D eigenvalue weighted by molar-refractivity contribution is 6.07. The molecule has 1 aliphatic carbocycles. The normalized spacial score (nSPS) is 18.5. The second-order valence-corrected chi connectivity index (χ2v) is 7.40. The maximum Gasteiger partial charge on any atom is 0.243 e. The second kappa shape index (κ2) is 6.88. The molecule has 0 unspecified atom stereocenters. The molecule has 5 rings (SSSR count). The lowest BCUT2D eigenvalue weighted by Gasteiger charge is -2.19. The molecular formula is C23H21N3O3. The molecule has 6 nitrogen and oxygen atoms in total. The minimum atomic E-state index is -0.631. The van der Waals surface area contributed by atoms with Crippen LogP contribution in [0, 0.1) is 0 Å². The van der Waals surface area contributed by atoms with Gasteiger partial charge in [-0.3, -0.25) is 9.78 Å². The molecule has 1 aliphatic heterocycles. The van der Waals surface area contributed by atoms with Gasteiger partial charge in [0.05, 0.1) is 12.6 Å². The van der Waals surface area contributed by atoms with Crippen molar-refractivity contribution < 1.29 is 14.3 Å². The number of methoxy groups -OCH3 is 1. The number of benzene rings is 2. The van der Waals surface area contributed by atoms with Crippen molar-refractivity contribution in [3.8, 4) is 5.75 Å². The van der Waals surface area contributed by atoms with Crippen LogP contribution in [-0.4, -0.2) is 28.9 Å². The van der Waals surface area contributed by atoms with Gasteiger partial charge in [-0.25, -0.2) is 0 Å². The number of ether oxygens (including phenoxy) is 2. The lowest BCUT2D eigenvalue weighted by molar-refractivity contribution is -0.135. The SMILES string of the molecule is COc1cccc([C@H]2OC(c3cc(C4CC4)nc4ccccc34)=NN2C(C)=O)c1. The van der Waals surface area contributed by atoms with Crippen LogP contribution in [0.4, 0.5) is 0 Å². The summed E-state index contributed by atoms with van der Waals surface area (Å²) in [5.74, 6) is 1.45. The molecule has 1 fully saturated rings. The van der Waals surface area contributed by atoms with E-state index < -0.39 is 6.23 Å². The highest BCUT2D eigenvalue weighted by atomic mass is 16.5. The fourth-order valence-electron chi connectivity index (χ4n) is 3.65. The molecule has 1 atom stereocenters. The lowest BCUT2D eigenvalue weighted by atomic mass is 10.1. The van der Waals surface area contributed by atoms with E-state index in [1.165, 1.54) is 11.9 Å². The average molecular weight is 387 g/mol. The Morgan fingerprint density at radius 2 is 1.97 bits per heavy atom. The van der Waals surface area contributed by atoms with Crippen molar-refractivity contribution in [3.63, 3.8) is 0 Å². The Bertz CT molecular complexity index is 1140. The van der Waals surface area contributed by atoms with E-state index in [4.69, 9.17) is 14.5 Å². The fourth-order valence-corrected chi connectivity index (χ4v) is 3.65. The molecule has 0 radical (unpaired) electrons. The molecule has 0 saturated heterocycles. The summed E-state index contributed by atoms with van der Waals surface area (Å²) < 4.78 is 11.6. The molecule has 2 aromatic carbocycles. The van der Waals surface area contributed by atoms with Gasteiger partial charge in [0.1, 0.15) is 5.75 Å². The van der Waals surface area contributed by atoms with Gasteiger partial charge in [0.25, 0.3) is 0 Å². The molecule has 6 heteroatoms. The van der Waals surface area contributed by atoms with Gasteiger partial charge >= 0.3 is 0 Å². The molecule has 29 heavy (non-hydrogen) atoms. The summed E-state index contributed by atoms with van der Waals surface area (Å²) in [5, 5.41) is 6.90. The molecule has 1 saturated carbocycles. The fraction of sp³-hybridized carbons (Fsp3) is 0.261. The van der Waals surface area contributed by atoms with E-state index >= 15 is 0 Å². The number of hydrogen-bond acceptors (Lipinski definition) is 5. The number of para-hydroxylation sites is 1. The van der Waals surface area contributed by atoms with E-state index in [-0.39, 0.29) is 5.91 Å². The molecule has 0 spiro atoms. The predicted octanol–water partition coefficient (Wildman–Crippen LogP) is 4.36. The lowest BCUT2D eigenvalue weighted by Crippen LogP contribution is -2.25. The third-order valence-electron chi connectivity index (χ3n) is 5.31. The van der Waals surface area contributed by atoms with Crippen LogP contribution in [0.2, 0.25) is 0 Å². The van der Waals surface area contributed by atoms with Crippen molar-refractivity contribution >= 4 is 22.7 Å².